The van der Waals surface area contributed by atoms with E-state index in [4.69, 9.17) is 0 Å². The van der Waals surface area contributed by atoms with E-state index in [1.165, 1.54) is 11.1 Å². The van der Waals surface area contributed by atoms with Crippen molar-refractivity contribution in [2.45, 2.75) is 50.2 Å². The largest absolute Gasteiger partial charge is 0.391 e. The Kier molecular flexibility index (Phi) is 4.12. The minimum atomic E-state index is -0.168. The van der Waals surface area contributed by atoms with Gasteiger partial charge in [0.25, 0.3) is 0 Å². The molecule has 3 unspecified atom stereocenters. The predicted octanol–water partition coefficient (Wildman–Crippen LogP) is 1.77. The van der Waals surface area contributed by atoms with Crippen LogP contribution in [-0.4, -0.2) is 59.1 Å². The molecule has 0 bridgehead atoms. The van der Waals surface area contributed by atoms with Crippen molar-refractivity contribution in [2.24, 2.45) is 0 Å². The number of fused-ring (bicyclic) bond motifs is 1. The van der Waals surface area contributed by atoms with Crippen molar-refractivity contribution < 1.29 is 9.90 Å². The smallest absolute Gasteiger partial charge is 0.230 e. The van der Waals surface area contributed by atoms with Crippen LogP contribution < -0.4 is 0 Å². The summed E-state index contributed by atoms with van der Waals surface area (Å²) >= 11 is 0. The Morgan fingerprint density at radius 1 is 1.04 bits per heavy atom. The van der Waals surface area contributed by atoms with Gasteiger partial charge in [-0.1, -0.05) is 24.3 Å². The number of nitrogens with zero attached hydrogens (tertiary/aromatic N) is 2. The summed E-state index contributed by atoms with van der Waals surface area (Å²) in [5.41, 5.74) is 2.59. The molecule has 23 heavy (non-hydrogen) atoms. The Hall–Kier alpha value is -1.39. The van der Waals surface area contributed by atoms with Gasteiger partial charge in [0.15, 0.2) is 0 Å². The average Bonchev–Trinajstić information content (AvgIpc) is 3.20. The molecule has 1 aromatic rings. The molecular weight excluding hydrogens is 288 g/mol. The van der Waals surface area contributed by atoms with Gasteiger partial charge in [-0.05, 0) is 43.2 Å². The molecular formula is C19H26N2O2. The molecule has 2 aliphatic carbocycles. The van der Waals surface area contributed by atoms with E-state index >= 15 is 0 Å². The van der Waals surface area contributed by atoms with Crippen LogP contribution in [0, 0.1) is 0 Å². The predicted molar refractivity (Wildman–Crippen MR) is 89.3 cm³/mol. The van der Waals surface area contributed by atoms with E-state index in [1.807, 2.05) is 11.0 Å². The van der Waals surface area contributed by atoms with Crippen LogP contribution in [-0.2, 0) is 11.2 Å². The van der Waals surface area contributed by atoms with Crippen LogP contribution in [0.15, 0.2) is 24.3 Å². The van der Waals surface area contributed by atoms with Crippen molar-refractivity contribution in [3.63, 3.8) is 0 Å². The normalized spacial score (nSPS) is 31.3. The summed E-state index contributed by atoms with van der Waals surface area (Å²) in [6, 6.07) is 8.71. The minimum absolute atomic E-state index is 0.0646. The van der Waals surface area contributed by atoms with Crippen molar-refractivity contribution in [3.8, 4) is 0 Å². The van der Waals surface area contributed by atoms with Gasteiger partial charge in [0, 0.05) is 32.2 Å². The number of rotatable bonds is 2. The zero-order valence-electron chi connectivity index (χ0n) is 13.7. The molecule has 4 rings (SSSR count). The zero-order valence-corrected chi connectivity index (χ0v) is 13.7. The number of benzene rings is 1. The van der Waals surface area contributed by atoms with Gasteiger partial charge in [-0.3, -0.25) is 9.69 Å². The highest BCUT2D eigenvalue weighted by atomic mass is 16.3. The van der Waals surface area contributed by atoms with E-state index in [-0.39, 0.29) is 12.0 Å². The van der Waals surface area contributed by atoms with Gasteiger partial charge in [-0.15, -0.1) is 0 Å². The maximum atomic E-state index is 12.9. The van der Waals surface area contributed by atoms with Crippen LogP contribution in [0.4, 0.5) is 0 Å². The maximum absolute atomic E-state index is 12.9. The van der Waals surface area contributed by atoms with E-state index < -0.39 is 0 Å². The van der Waals surface area contributed by atoms with Gasteiger partial charge in [0.2, 0.25) is 5.91 Å². The van der Waals surface area contributed by atoms with Crippen LogP contribution in [0.3, 0.4) is 0 Å². The Morgan fingerprint density at radius 3 is 2.57 bits per heavy atom. The molecule has 1 amide bonds. The van der Waals surface area contributed by atoms with E-state index in [0.29, 0.717) is 11.9 Å². The number of aliphatic hydroxyl groups is 1. The first-order chi connectivity index (χ1) is 11.2. The zero-order chi connectivity index (χ0) is 15.8. The first kappa shape index (κ1) is 15.2. The summed E-state index contributed by atoms with van der Waals surface area (Å²) in [5.74, 6) is 0.372. The third kappa shape index (κ3) is 2.79. The van der Waals surface area contributed by atoms with Crippen LogP contribution in [0.1, 0.15) is 42.7 Å². The number of hydrogen-bond donors (Lipinski definition) is 1. The number of hydrogen-bond acceptors (Lipinski definition) is 3. The fraction of sp³-hybridized carbons (Fsp3) is 0.632. The number of piperazine rings is 1. The fourth-order valence-electron chi connectivity index (χ4n) is 4.65. The van der Waals surface area contributed by atoms with E-state index in [0.717, 1.165) is 58.3 Å². The number of amides is 1. The summed E-state index contributed by atoms with van der Waals surface area (Å²) in [6.07, 6.45) is 4.98. The van der Waals surface area contributed by atoms with Crippen molar-refractivity contribution >= 4 is 5.91 Å². The lowest BCUT2D eigenvalue weighted by molar-refractivity contribution is -0.135. The van der Waals surface area contributed by atoms with Gasteiger partial charge in [-0.25, -0.2) is 0 Å². The summed E-state index contributed by atoms with van der Waals surface area (Å²) in [4.78, 5) is 17.4. The van der Waals surface area contributed by atoms with Gasteiger partial charge in [-0.2, -0.15) is 0 Å². The second-order valence-corrected chi connectivity index (χ2v) is 7.22. The van der Waals surface area contributed by atoms with Gasteiger partial charge in [0.05, 0.1) is 12.0 Å². The third-order valence-corrected chi connectivity index (χ3v) is 5.97. The fourth-order valence-corrected chi connectivity index (χ4v) is 4.65. The molecule has 1 saturated heterocycles. The second-order valence-electron chi connectivity index (χ2n) is 7.22. The lowest BCUT2D eigenvalue weighted by atomic mass is 9.99. The standard InChI is InChI=1S/C19H26N2O2/c22-18-7-3-6-17(18)20-10-12-21(13-11-20)19(23)16-9-8-14-4-1-2-5-15(14)16/h1-2,4-5,16-18,22H,3,6-13H2. The molecule has 0 aromatic heterocycles. The number of aryl methyl sites for hydroxylation is 1. The van der Waals surface area contributed by atoms with Crippen LogP contribution in [0.2, 0.25) is 0 Å². The van der Waals surface area contributed by atoms with Crippen LogP contribution in [0.25, 0.3) is 0 Å². The monoisotopic (exact) mass is 314 g/mol. The molecule has 1 heterocycles. The molecule has 2 fully saturated rings. The highest BCUT2D eigenvalue weighted by Crippen LogP contribution is 2.34. The summed E-state index contributed by atoms with van der Waals surface area (Å²) < 4.78 is 0. The van der Waals surface area contributed by atoms with Gasteiger partial charge < -0.3 is 10.0 Å². The van der Waals surface area contributed by atoms with Crippen molar-refractivity contribution in [3.05, 3.63) is 35.4 Å². The molecule has 1 aromatic carbocycles. The summed E-state index contributed by atoms with van der Waals surface area (Å²) in [7, 11) is 0. The molecule has 0 radical (unpaired) electrons. The Morgan fingerprint density at radius 2 is 1.83 bits per heavy atom. The molecule has 1 saturated carbocycles. The molecule has 1 aliphatic heterocycles. The highest BCUT2D eigenvalue weighted by molar-refractivity contribution is 5.85. The van der Waals surface area contributed by atoms with Crippen molar-refractivity contribution in [2.75, 3.05) is 26.2 Å². The van der Waals surface area contributed by atoms with E-state index in [2.05, 4.69) is 23.1 Å². The van der Waals surface area contributed by atoms with Gasteiger partial charge >= 0.3 is 0 Å². The van der Waals surface area contributed by atoms with Crippen molar-refractivity contribution in [1.29, 1.82) is 0 Å². The first-order valence-corrected chi connectivity index (χ1v) is 9.03. The molecule has 124 valence electrons. The summed E-state index contributed by atoms with van der Waals surface area (Å²) in [5, 5.41) is 10.1. The van der Waals surface area contributed by atoms with Crippen molar-refractivity contribution in [1.82, 2.24) is 9.80 Å². The van der Waals surface area contributed by atoms with Gasteiger partial charge in [0.1, 0.15) is 0 Å². The molecule has 3 aliphatic rings. The molecule has 4 heteroatoms. The Bertz CT molecular complexity index is 580. The number of carbonyl (C=O) groups excluding carboxylic acids is 1. The SMILES string of the molecule is O=C(C1CCc2ccccc21)N1CCN(C2CCCC2O)CC1. The molecule has 0 spiro atoms. The lowest BCUT2D eigenvalue weighted by Gasteiger charge is -2.39. The van der Waals surface area contributed by atoms with E-state index in [1.54, 1.807) is 0 Å². The van der Waals surface area contributed by atoms with Crippen LogP contribution in [0.5, 0.6) is 0 Å². The van der Waals surface area contributed by atoms with Crippen LogP contribution >= 0.6 is 0 Å². The first-order valence-electron chi connectivity index (χ1n) is 9.03. The number of aliphatic hydroxyl groups excluding tert-OH is 1. The topological polar surface area (TPSA) is 43.8 Å². The quantitative estimate of drug-likeness (QED) is 0.905. The molecule has 3 atom stereocenters. The second kappa shape index (κ2) is 6.25. The Labute approximate surface area is 138 Å². The average molecular weight is 314 g/mol. The molecule has 4 nitrogen and oxygen atoms in total. The number of carbonyl (C=O) groups is 1. The Balaban J connectivity index is 1.38. The van der Waals surface area contributed by atoms with E-state index in [9.17, 15) is 9.90 Å². The maximum Gasteiger partial charge on any atom is 0.230 e. The summed E-state index contributed by atoms with van der Waals surface area (Å²) in [6.45, 7) is 3.42. The lowest BCUT2D eigenvalue weighted by Crippen LogP contribution is -2.54. The third-order valence-electron chi connectivity index (χ3n) is 5.97. The molecule has 1 N–H and O–H groups in total. The highest BCUT2D eigenvalue weighted by Gasteiger charge is 2.36. The minimum Gasteiger partial charge on any atom is -0.391 e.